The average molecular weight is 542 g/mol. The number of para-hydroxylation sites is 1. The van der Waals surface area contributed by atoms with Gasteiger partial charge in [0.15, 0.2) is 0 Å². The zero-order valence-corrected chi connectivity index (χ0v) is 23.1. The summed E-state index contributed by atoms with van der Waals surface area (Å²) in [5, 5.41) is 18.6. The van der Waals surface area contributed by atoms with Crippen molar-refractivity contribution in [1.29, 1.82) is 0 Å². The Labute approximate surface area is 236 Å². The van der Waals surface area contributed by atoms with Crippen LogP contribution in [0.1, 0.15) is 88.3 Å². The maximum Gasteiger partial charge on any atom is 0.335 e. The van der Waals surface area contributed by atoms with Crippen LogP contribution in [-0.2, 0) is 37.1 Å². The molecule has 0 aliphatic heterocycles. The van der Waals surface area contributed by atoms with Crippen LogP contribution in [-0.4, -0.2) is 40.1 Å². The second-order valence-electron chi connectivity index (χ2n) is 11.1. The number of nitrogens with zero attached hydrogens (tertiary/aromatic N) is 1. The first-order valence-electron chi connectivity index (χ1n) is 14.6. The fourth-order valence-corrected chi connectivity index (χ4v) is 6.31. The van der Waals surface area contributed by atoms with E-state index in [-0.39, 0.29) is 12.5 Å². The predicted molar refractivity (Wildman–Crippen MR) is 155 cm³/mol. The van der Waals surface area contributed by atoms with Crippen LogP contribution in [0.2, 0.25) is 0 Å². The van der Waals surface area contributed by atoms with Gasteiger partial charge in [-0.15, -0.1) is 0 Å². The van der Waals surface area contributed by atoms with Gasteiger partial charge in [-0.25, -0.2) is 4.79 Å². The number of hydrogen-bond acceptors (Lipinski definition) is 4. The largest absolute Gasteiger partial charge is 0.489 e. The highest BCUT2D eigenvalue weighted by molar-refractivity contribution is 5.88. The molecule has 6 heteroatoms. The number of aryl methyl sites for hydroxylation is 3. The van der Waals surface area contributed by atoms with Crippen molar-refractivity contribution in [2.75, 3.05) is 13.1 Å². The van der Waals surface area contributed by atoms with Gasteiger partial charge in [-0.3, -0.25) is 9.69 Å². The van der Waals surface area contributed by atoms with Crippen LogP contribution in [0, 0.1) is 0 Å². The van der Waals surface area contributed by atoms with Gasteiger partial charge in [0.25, 0.3) is 0 Å². The maximum atomic E-state index is 11.5. The molecule has 0 spiro atoms. The van der Waals surface area contributed by atoms with E-state index in [0.29, 0.717) is 18.6 Å². The summed E-state index contributed by atoms with van der Waals surface area (Å²) < 4.78 is 6.34. The molecule has 40 heavy (non-hydrogen) atoms. The van der Waals surface area contributed by atoms with E-state index in [4.69, 9.17) is 9.84 Å². The molecule has 6 nitrogen and oxygen atoms in total. The van der Waals surface area contributed by atoms with Crippen molar-refractivity contribution in [3.8, 4) is 5.75 Å². The third-order valence-corrected chi connectivity index (χ3v) is 8.40. The molecule has 0 heterocycles. The summed E-state index contributed by atoms with van der Waals surface area (Å²) in [6.07, 6.45) is 8.92. The van der Waals surface area contributed by atoms with Crippen LogP contribution < -0.4 is 4.74 Å². The lowest BCUT2D eigenvalue weighted by Crippen LogP contribution is -2.34. The number of ether oxygens (including phenoxy) is 1. The first kappa shape index (κ1) is 27.9. The summed E-state index contributed by atoms with van der Waals surface area (Å²) >= 11 is 0. The molecule has 0 saturated heterocycles. The topological polar surface area (TPSA) is 87.1 Å². The lowest BCUT2D eigenvalue weighted by Gasteiger charge is -2.36. The Morgan fingerprint density at radius 1 is 0.850 bits per heavy atom. The monoisotopic (exact) mass is 541 g/mol. The lowest BCUT2D eigenvalue weighted by atomic mass is 9.85. The van der Waals surface area contributed by atoms with E-state index in [9.17, 15) is 14.7 Å². The van der Waals surface area contributed by atoms with Gasteiger partial charge in [0.05, 0.1) is 5.56 Å². The fraction of sp³-hybridized carbons (Fsp3) is 0.412. The lowest BCUT2D eigenvalue weighted by molar-refractivity contribution is -0.137. The quantitative estimate of drug-likeness (QED) is 0.236. The zero-order valence-electron chi connectivity index (χ0n) is 23.1. The molecule has 1 atom stereocenters. The maximum absolute atomic E-state index is 11.5. The van der Waals surface area contributed by atoms with Crippen LogP contribution in [0.3, 0.4) is 0 Å². The molecule has 5 rings (SSSR count). The molecule has 0 bridgehead atoms. The van der Waals surface area contributed by atoms with Gasteiger partial charge in [-0.2, -0.15) is 0 Å². The molecule has 2 aliphatic carbocycles. The summed E-state index contributed by atoms with van der Waals surface area (Å²) in [5.41, 5.74) is 7.95. The van der Waals surface area contributed by atoms with E-state index in [1.165, 1.54) is 35.1 Å². The van der Waals surface area contributed by atoms with Crippen LogP contribution in [0.5, 0.6) is 5.75 Å². The Kier molecular flexibility index (Phi) is 9.17. The number of aromatic carboxylic acids is 1. The van der Waals surface area contributed by atoms with Crippen LogP contribution >= 0.6 is 0 Å². The zero-order chi connectivity index (χ0) is 27.9. The van der Waals surface area contributed by atoms with Gasteiger partial charge in [0.1, 0.15) is 12.4 Å². The highest BCUT2D eigenvalue weighted by Gasteiger charge is 2.27. The van der Waals surface area contributed by atoms with Crippen molar-refractivity contribution in [3.05, 3.63) is 99.6 Å². The summed E-state index contributed by atoms with van der Waals surface area (Å²) in [6, 6.07) is 20.7. The smallest absolute Gasteiger partial charge is 0.335 e. The van der Waals surface area contributed by atoms with E-state index >= 15 is 0 Å². The standard InChI is InChI=1S/C34H39NO5/c36-33(37)13-3-4-19-35(31-11-6-10-28-22-29(34(38)39)16-17-30(28)31)20-18-26-7-1-2-12-32(26)40-23-24-14-15-25-8-5-9-27(25)21-24/h1-2,7,12,14-17,21-22,31H,3-6,8-11,13,18-20,23H2,(H,36,37)(H,38,39)/t31-/m0/s1. The molecular formula is C34H39NO5. The third kappa shape index (κ3) is 6.92. The predicted octanol–water partition coefficient (Wildman–Crippen LogP) is 6.63. The molecule has 0 fully saturated rings. The molecule has 0 saturated carbocycles. The molecule has 0 unspecified atom stereocenters. The van der Waals surface area contributed by atoms with E-state index in [0.717, 1.165) is 68.5 Å². The van der Waals surface area contributed by atoms with Crippen molar-refractivity contribution in [2.24, 2.45) is 0 Å². The molecule has 3 aromatic carbocycles. The average Bonchev–Trinajstić information content (AvgIpc) is 3.43. The minimum absolute atomic E-state index is 0.177. The van der Waals surface area contributed by atoms with Crippen molar-refractivity contribution in [1.82, 2.24) is 4.90 Å². The molecular weight excluding hydrogens is 502 g/mol. The first-order valence-corrected chi connectivity index (χ1v) is 14.6. The Morgan fingerprint density at radius 2 is 1.68 bits per heavy atom. The van der Waals surface area contributed by atoms with Crippen molar-refractivity contribution in [3.63, 3.8) is 0 Å². The molecule has 210 valence electrons. The van der Waals surface area contributed by atoms with E-state index < -0.39 is 11.9 Å². The van der Waals surface area contributed by atoms with Crippen molar-refractivity contribution >= 4 is 11.9 Å². The fourth-order valence-electron chi connectivity index (χ4n) is 6.31. The van der Waals surface area contributed by atoms with E-state index in [2.05, 4.69) is 35.2 Å². The van der Waals surface area contributed by atoms with E-state index in [1.807, 2.05) is 24.3 Å². The number of carboxylic acid groups (broad SMARTS) is 2. The number of fused-ring (bicyclic) bond motifs is 2. The Balaban J connectivity index is 1.29. The number of rotatable bonds is 13. The second kappa shape index (κ2) is 13.1. The van der Waals surface area contributed by atoms with Gasteiger partial charge < -0.3 is 14.9 Å². The number of aliphatic carboxylic acids is 1. The summed E-state index contributed by atoms with van der Waals surface area (Å²) in [7, 11) is 0. The van der Waals surface area contributed by atoms with E-state index in [1.54, 1.807) is 6.07 Å². The van der Waals surface area contributed by atoms with Gasteiger partial charge in [-0.1, -0.05) is 42.5 Å². The molecule has 0 radical (unpaired) electrons. The third-order valence-electron chi connectivity index (χ3n) is 8.40. The summed E-state index contributed by atoms with van der Waals surface area (Å²) in [4.78, 5) is 25.1. The summed E-state index contributed by atoms with van der Waals surface area (Å²) in [5.74, 6) is -0.749. The summed E-state index contributed by atoms with van der Waals surface area (Å²) in [6.45, 7) is 2.17. The minimum Gasteiger partial charge on any atom is -0.489 e. The number of carbonyl (C=O) groups is 2. The molecule has 0 amide bonds. The Bertz CT molecular complexity index is 1350. The number of unbranched alkanes of at least 4 members (excludes halogenated alkanes) is 1. The number of benzene rings is 3. The van der Waals surface area contributed by atoms with Crippen LogP contribution in [0.25, 0.3) is 0 Å². The minimum atomic E-state index is -0.896. The van der Waals surface area contributed by atoms with Crippen molar-refractivity contribution < 1.29 is 24.5 Å². The second-order valence-corrected chi connectivity index (χ2v) is 11.1. The molecule has 0 aromatic heterocycles. The Morgan fingerprint density at radius 3 is 2.52 bits per heavy atom. The highest BCUT2D eigenvalue weighted by Crippen LogP contribution is 2.36. The molecule has 2 aliphatic rings. The van der Waals surface area contributed by atoms with Crippen LogP contribution in [0.4, 0.5) is 0 Å². The Hall–Kier alpha value is -3.64. The van der Waals surface area contributed by atoms with Gasteiger partial charge in [-0.05, 0) is 116 Å². The number of carboxylic acids is 2. The van der Waals surface area contributed by atoms with Gasteiger partial charge in [0, 0.05) is 19.0 Å². The van der Waals surface area contributed by atoms with Crippen molar-refractivity contribution in [2.45, 2.75) is 76.9 Å². The SMILES string of the molecule is O=C(O)CCCCN(CCc1ccccc1OCc1ccc2c(c1)CCC2)[C@H]1CCCc2cc(C(=O)O)ccc21. The molecule has 2 N–H and O–H groups in total. The molecule has 3 aromatic rings. The van der Waals surface area contributed by atoms with Crippen LogP contribution in [0.15, 0.2) is 60.7 Å². The highest BCUT2D eigenvalue weighted by atomic mass is 16.5. The number of hydrogen-bond donors (Lipinski definition) is 2. The van der Waals surface area contributed by atoms with Gasteiger partial charge in [0.2, 0.25) is 0 Å². The van der Waals surface area contributed by atoms with Gasteiger partial charge >= 0.3 is 11.9 Å². The normalized spacial score (nSPS) is 16.0. The first-order chi connectivity index (χ1) is 19.5.